The van der Waals surface area contributed by atoms with E-state index >= 15 is 0 Å². The SMILES string of the molecule is O=C(NC1CC1)C1CN(c2ccccc2)C(=O)N1. The Labute approximate surface area is 105 Å². The fourth-order valence-electron chi connectivity index (χ4n) is 2.05. The third-order valence-electron chi connectivity index (χ3n) is 3.22. The molecule has 1 saturated heterocycles. The number of anilines is 1. The number of benzene rings is 1. The van der Waals surface area contributed by atoms with Gasteiger partial charge in [-0.3, -0.25) is 9.69 Å². The molecule has 2 N–H and O–H groups in total. The minimum atomic E-state index is -0.446. The number of hydrogen-bond acceptors (Lipinski definition) is 2. The van der Waals surface area contributed by atoms with Crippen molar-refractivity contribution in [1.82, 2.24) is 10.6 Å². The first-order valence-electron chi connectivity index (χ1n) is 6.17. The van der Waals surface area contributed by atoms with Crippen molar-refractivity contribution in [2.24, 2.45) is 0 Å². The quantitative estimate of drug-likeness (QED) is 0.829. The molecule has 5 heteroatoms. The van der Waals surface area contributed by atoms with E-state index in [4.69, 9.17) is 0 Å². The number of nitrogens with one attached hydrogen (secondary N) is 2. The second kappa shape index (κ2) is 4.33. The second-order valence-electron chi connectivity index (χ2n) is 4.73. The van der Waals surface area contributed by atoms with Crippen molar-refractivity contribution in [1.29, 1.82) is 0 Å². The largest absolute Gasteiger partial charge is 0.352 e. The lowest BCUT2D eigenvalue weighted by molar-refractivity contribution is -0.122. The molecule has 1 aliphatic carbocycles. The molecule has 1 unspecified atom stereocenters. The maximum Gasteiger partial charge on any atom is 0.322 e. The van der Waals surface area contributed by atoms with Gasteiger partial charge in [-0.15, -0.1) is 0 Å². The van der Waals surface area contributed by atoms with Crippen LogP contribution in [-0.4, -0.2) is 30.6 Å². The average molecular weight is 245 g/mol. The first-order chi connectivity index (χ1) is 8.74. The summed E-state index contributed by atoms with van der Waals surface area (Å²) in [6.07, 6.45) is 2.10. The van der Waals surface area contributed by atoms with Gasteiger partial charge in [-0.2, -0.15) is 0 Å². The van der Waals surface area contributed by atoms with Crippen molar-refractivity contribution in [3.8, 4) is 0 Å². The standard InChI is InChI=1S/C13H15N3O2/c17-12(14-9-6-7-9)11-8-16(13(18)15-11)10-4-2-1-3-5-10/h1-5,9,11H,6-8H2,(H,14,17)(H,15,18). The van der Waals surface area contributed by atoms with Gasteiger partial charge in [0.2, 0.25) is 5.91 Å². The third kappa shape index (κ3) is 2.16. The van der Waals surface area contributed by atoms with Crippen LogP contribution in [0.5, 0.6) is 0 Å². The van der Waals surface area contributed by atoms with E-state index in [2.05, 4.69) is 10.6 Å². The number of hydrogen-bond donors (Lipinski definition) is 2. The van der Waals surface area contributed by atoms with Crippen molar-refractivity contribution in [2.75, 3.05) is 11.4 Å². The number of carbonyl (C=O) groups is 2. The number of rotatable bonds is 3. The molecule has 0 bridgehead atoms. The number of urea groups is 1. The summed E-state index contributed by atoms with van der Waals surface area (Å²) in [6, 6.07) is 9.03. The highest BCUT2D eigenvalue weighted by Gasteiger charge is 2.36. The van der Waals surface area contributed by atoms with Gasteiger partial charge in [0, 0.05) is 11.7 Å². The van der Waals surface area contributed by atoms with Crippen LogP contribution in [0.1, 0.15) is 12.8 Å². The molecule has 94 valence electrons. The zero-order valence-corrected chi connectivity index (χ0v) is 9.93. The first-order valence-corrected chi connectivity index (χ1v) is 6.17. The van der Waals surface area contributed by atoms with Crippen LogP contribution in [0, 0.1) is 0 Å². The van der Waals surface area contributed by atoms with Gasteiger partial charge in [0.15, 0.2) is 0 Å². The summed E-state index contributed by atoms with van der Waals surface area (Å²) in [5.74, 6) is -0.0794. The highest BCUT2D eigenvalue weighted by molar-refractivity contribution is 6.00. The summed E-state index contributed by atoms with van der Waals surface area (Å²) in [5.41, 5.74) is 0.816. The summed E-state index contributed by atoms with van der Waals surface area (Å²) in [4.78, 5) is 25.3. The maximum absolute atomic E-state index is 11.9. The number of nitrogens with zero attached hydrogens (tertiary/aromatic N) is 1. The number of carbonyl (C=O) groups excluding carboxylic acids is 2. The highest BCUT2D eigenvalue weighted by Crippen LogP contribution is 2.20. The molecule has 3 rings (SSSR count). The lowest BCUT2D eigenvalue weighted by Crippen LogP contribution is -2.43. The van der Waals surface area contributed by atoms with E-state index in [1.54, 1.807) is 4.90 Å². The van der Waals surface area contributed by atoms with Crippen LogP contribution in [0.4, 0.5) is 10.5 Å². The van der Waals surface area contributed by atoms with E-state index in [-0.39, 0.29) is 11.9 Å². The third-order valence-corrected chi connectivity index (χ3v) is 3.22. The minimum Gasteiger partial charge on any atom is -0.352 e. The molecule has 1 atom stereocenters. The molecule has 1 aromatic carbocycles. The molecule has 0 radical (unpaired) electrons. The molecule has 2 aliphatic rings. The Kier molecular flexibility index (Phi) is 2.66. The van der Waals surface area contributed by atoms with Gasteiger partial charge in [-0.25, -0.2) is 4.79 Å². The van der Waals surface area contributed by atoms with Gasteiger partial charge in [-0.1, -0.05) is 18.2 Å². The Morgan fingerprint density at radius 1 is 1.28 bits per heavy atom. The summed E-state index contributed by atoms with van der Waals surface area (Å²) < 4.78 is 0. The van der Waals surface area contributed by atoms with E-state index in [1.807, 2.05) is 30.3 Å². The van der Waals surface area contributed by atoms with E-state index in [9.17, 15) is 9.59 Å². The Morgan fingerprint density at radius 2 is 2.00 bits per heavy atom. The summed E-state index contributed by atoms with van der Waals surface area (Å²) >= 11 is 0. The summed E-state index contributed by atoms with van der Waals surface area (Å²) in [7, 11) is 0. The van der Waals surface area contributed by atoms with E-state index in [0.717, 1.165) is 18.5 Å². The zero-order valence-electron chi connectivity index (χ0n) is 9.93. The summed E-state index contributed by atoms with van der Waals surface area (Å²) in [6.45, 7) is 0.390. The van der Waals surface area contributed by atoms with Crippen molar-refractivity contribution in [2.45, 2.75) is 24.9 Å². The van der Waals surface area contributed by atoms with Crippen molar-refractivity contribution < 1.29 is 9.59 Å². The lowest BCUT2D eigenvalue weighted by Gasteiger charge is -2.14. The molecular formula is C13H15N3O2. The first kappa shape index (κ1) is 11.1. The van der Waals surface area contributed by atoms with E-state index < -0.39 is 6.04 Å². The second-order valence-corrected chi connectivity index (χ2v) is 4.73. The molecule has 0 spiro atoms. The molecule has 0 aromatic heterocycles. The Morgan fingerprint density at radius 3 is 2.67 bits per heavy atom. The van der Waals surface area contributed by atoms with Gasteiger partial charge < -0.3 is 10.6 Å². The highest BCUT2D eigenvalue weighted by atomic mass is 16.2. The number of amides is 3. The number of para-hydroxylation sites is 1. The van der Waals surface area contributed by atoms with Crippen LogP contribution < -0.4 is 15.5 Å². The van der Waals surface area contributed by atoms with E-state index in [0.29, 0.717) is 12.6 Å². The van der Waals surface area contributed by atoms with Crippen LogP contribution >= 0.6 is 0 Å². The Bertz CT molecular complexity index is 470. The molecule has 2 fully saturated rings. The van der Waals surface area contributed by atoms with Gasteiger partial charge in [0.25, 0.3) is 0 Å². The van der Waals surface area contributed by atoms with Crippen molar-refractivity contribution in [3.63, 3.8) is 0 Å². The van der Waals surface area contributed by atoms with Gasteiger partial charge in [0.1, 0.15) is 6.04 Å². The Hall–Kier alpha value is -2.04. The van der Waals surface area contributed by atoms with Crippen LogP contribution in [0.25, 0.3) is 0 Å². The monoisotopic (exact) mass is 245 g/mol. The van der Waals surface area contributed by atoms with Crippen LogP contribution in [0.3, 0.4) is 0 Å². The van der Waals surface area contributed by atoms with Crippen LogP contribution in [-0.2, 0) is 4.79 Å². The molecule has 1 aliphatic heterocycles. The van der Waals surface area contributed by atoms with Gasteiger partial charge >= 0.3 is 6.03 Å². The molecular weight excluding hydrogens is 230 g/mol. The van der Waals surface area contributed by atoms with Crippen LogP contribution in [0.2, 0.25) is 0 Å². The molecule has 5 nitrogen and oxygen atoms in total. The van der Waals surface area contributed by atoms with E-state index in [1.165, 1.54) is 0 Å². The van der Waals surface area contributed by atoms with Crippen molar-refractivity contribution in [3.05, 3.63) is 30.3 Å². The molecule has 1 aromatic rings. The van der Waals surface area contributed by atoms with Gasteiger partial charge in [0.05, 0.1) is 6.54 Å². The Balaban J connectivity index is 1.68. The van der Waals surface area contributed by atoms with Crippen molar-refractivity contribution >= 4 is 17.6 Å². The van der Waals surface area contributed by atoms with Crippen LogP contribution in [0.15, 0.2) is 30.3 Å². The molecule has 1 heterocycles. The molecule has 1 saturated carbocycles. The zero-order chi connectivity index (χ0) is 12.5. The molecule has 3 amide bonds. The fraction of sp³-hybridized carbons (Fsp3) is 0.385. The fourth-order valence-corrected chi connectivity index (χ4v) is 2.05. The lowest BCUT2D eigenvalue weighted by atomic mass is 10.2. The predicted octanol–water partition coefficient (Wildman–Crippen LogP) is 0.863. The predicted molar refractivity (Wildman–Crippen MR) is 67.3 cm³/mol. The maximum atomic E-state index is 11.9. The average Bonchev–Trinajstić information content (AvgIpc) is 3.10. The summed E-state index contributed by atoms with van der Waals surface area (Å²) in [5, 5.41) is 5.62. The van der Waals surface area contributed by atoms with Gasteiger partial charge in [-0.05, 0) is 25.0 Å². The molecule has 18 heavy (non-hydrogen) atoms. The normalized spacial score (nSPS) is 22.8. The topological polar surface area (TPSA) is 61.4 Å². The smallest absolute Gasteiger partial charge is 0.322 e. The minimum absolute atomic E-state index is 0.0794.